The first kappa shape index (κ1) is 23.5. The molecular formula is C31H27ClN2O4. The first-order valence-electron chi connectivity index (χ1n) is 13.2. The van der Waals surface area contributed by atoms with Gasteiger partial charge in [-0.1, -0.05) is 35.9 Å². The fourth-order valence-corrected chi connectivity index (χ4v) is 7.88. The Bertz CT molecular complexity index is 1470. The normalized spacial score (nSPS) is 29.3. The highest BCUT2D eigenvalue weighted by Gasteiger charge is 2.51. The van der Waals surface area contributed by atoms with Crippen molar-refractivity contribution in [2.75, 3.05) is 4.90 Å². The fraction of sp³-hybridized carbons (Fsp3) is 0.323. The van der Waals surface area contributed by atoms with Crippen LogP contribution in [-0.2, 0) is 15.0 Å². The number of rotatable bonds is 4. The molecule has 1 aromatic heterocycles. The number of benzene rings is 2. The number of nitrogens with zero attached hydrogens (tertiary/aromatic N) is 1. The predicted molar refractivity (Wildman–Crippen MR) is 144 cm³/mol. The summed E-state index contributed by atoms with van der Waals surface area (Å²) in [6.45, 7) is 0. The van der Waals surface area contributed by atoms with Crippen molar-refractivity contribution in [3.05, 3.63) is 82.6 Å². The van der Waals surface area contributed by atoms with Crippen LogP contribution in [-0.4, -0.2) is 17.8 Å². The lowest BCUT2D eigenvalue weighted by atomic mass is 9.48. The maximum absolute atomic E-state index is 13.4. The van der Waals surface area contributed by atoms with Gasteiger partial charge in [0.15, 0.2) is 0 Å². The van der Waals surface area contributed by atoms with E-state index in [1.807, 2.05) is 24.3 Å². The number of carbonyl (C=O) groups excluding carboxylic acids is 3. The molecule has 2 aromatic carbocycles. The van der Waals surface area contributed by atoms with Crippen molar-refractivity contribution in [2.24, 2.45) is 17.8 Å². The van der Waals surface area contributed by atoms with Gasteiger partial charge in [0.2, 0.25) is 0 Å². The van der Waals surface area contributed by atoms with Gasteiger partial charge in [-0.05, 0) is 110 Å². The second-order valence-electron chi connectivity index (χ2n) is 11.4. The van der Waals surface area contributed by atoms with Gasteiger partial charge in [0.1, 0.15) is 17.1 Å². The Morgan fingerprint density at radius 2 is 1.58 bits per heavy atom. The van der Waals surface area contributed by atoms with Gasteiger partial charge in [-0.3, -0.25) is 14.9 Å². The fourth-order valence-electron chi connectivity index (χ4n) is 7.69. The molecule has 4 saturated carbocycles. The minimum Gasteiger partial charge on any atom is -0.457 e. The van der Waals surface area contributed by atoms with Crippen LogP contribution in [0.15, 0.2) is 70.7 Å². The Labute approximate surface area is 225 Å². The highest BCUT2D eigenvalue weighted by Crippen LogP contribution is 2.60. The van der Waals surface area contributed by atoms with E-state index in [-0.39, 0.29) is 11.0 Å². The molecule has 192 valence electrons. The Morgan fingerprint density at radius 1 is 0.895 bits per heavy atom. The molecule has 0 unspecified atom stereocenters. The molecule has 1 N–H and O–H groups in total. The van der Waals surface area contributed by atoms with E-state index in [1.165, 1.54) is 50.2 Å². The summed E-state index contributed by atoms with van der Waals surface area (Å²) < 4.78 is 5.85. The van der Waals surface area contributed by atoms with Gasteiger partial charge in [0.05, 0.1) is 5.69 Å². The van der Waals surface area contributed by atoms with Crippen molar-refractivity contribution in [1.29, 1.82) is 0 Å². The molecule has 0 radical (unpaired) electrons. The Morgan fingerprint density at radius 3 is 2.24 bits per heavy atom. The molecule has 1 aliphatic heterocycles. The summed E-state index contributed by atoms with van der Waals surface area (Å²) in [5.41, 5.74) is 2.58. The SMILES string of the molecule is O=C1NC(=O)N(c2ccc(C34CC5CC(CC(C5)C3)C4)cc2)C(=O)/C1=C/c1ccc(-c2cccc(Cl)c2)o1. The average molecular weight is 527 g/mol. The molecule has 5 fully saturated rings. The number of amides is 4. The second kappa shape index (κ2) is 8.70. The van der Waals surface area contributed by atoms with E-state index in [0.29, 0.717) is 22.2 Å². The molecule has 4 aliphatic carbocycles. The van der Waals surface area contributed by atoms with Crippen molar-refractivity contribution < 1.29 is 18.8 Å². The zero-order chi connectivity index (χ0) is 26.0. The number of anilines is 1. The summed E-state index contributed by atoms with van der Waals surface area (Å²) in [5, 5.41) is 2.87. The van der Waals surface area contributed by atoms with E-state index in [0.717, 1.165) is 28.2 Å². The quantitative estimate of drug-likeness (QED) is 0.302. The number of halogens is 1. The van der Waals surface area contributed by atoms with Crippen molar-refractivity contribution >= 4 is 41.2 Å². The molecule has 0 atom stereocenters. The highest BCUT2D eigenvalue weighted by atomic mass is 35.5. The molecular weight excluding hydrogens is 500 g/mol. The summed E-state index contributed by atoms with van der Waals surface area (Å²) >= 11 is 6.08. The van der Waals surface area contributed by atoms with Crippen molar-refractivity contribution in [2.45, 2.75) is 43.9 Å². The third-order valence-electron chi connectivity index (χ3n) is 8.90. The van der Waals surface area contributed by atoms with Crippen LogP contribution in [0.1, 0.15) is 49.8 Å². The Kier molecular flexibility index (Phi) is 5.38. The van der Waals surface area contributed by atoms with Crippen LogP contribution in [0.3, 0.4) is 0 Å². The van der Waals surface area contributed by atoms with E-state index in [1.54, 1.807) is 24.3 Å². The van der Waals surface area contributed by atoms with E-state index < -0.39 is 17.8 Å². The van der Waals surface area contributed by atoms with Crippen molar-refractivity contribution in [3.8, 4) is 11.3 Å². The van der Waals surface area contributed by atoms with Gasteiger partial charge < -0.3 is 4.42 Å². The van der Waals surface area contributed by atoms with Crippen LogP contribution in [0.4, 0.5) is 10.5 Å². The number of barbiturate groups is 1. The van der Waals surface area contributed by atoms with Gasteiger partial charge in [-0.25, -0.2) is 9.69 Å². The zero-order valence-corrected chi connectivity index (χ0v) is 21.5. The number of imide groups is 2. The molecule has 0 spiro atoms. The van der Waals surface area contributed by atoms with Crippen LogP contribution < -0.4 is 10.2 Å². The minimum absolute atomic E-state index is 0.165. The van der Waals surface area contributed by atoms with E-state index in [9.17, 15) is 14.4 Å². The van der Waals surface area contributed by atoms with Crippen LogP contribution in [0.2, 0.25) is 5.02 Å². The lowest BCUT2D eigenvalue weighted by molar-refractivity contribution is -0.122. The van der Waals surface area contributed by atoms with E-state index in [2.05, 4.69) is 17.4 Å². The summed E-state index contributed by atoms with van der Waals surface area (Å²) in [4.78, 5) is 39.8. The van der Waals surface area contributed by atoms with E-state index in [4.69, 9.17) is 16.0 Å². The number of carbonyl (C=O) groups is 3. The molecule has 38 heavy (non-hydrogen) atoms. The molecule has 4 amide bonds. The standard InChI is InChI=1S/C31H27ClN2O4/c32-23-3-1-2-21(13-23)27-9-8-25(38-27)14-26-28(35)33-30(37)34(29(26)36)24-6-4-22(5-7-24)31-15-18-10-19(16-31)12-20(11-18)17-31/h1-9,13-14,18-20H,10-12,15-17H2,(H,33,35,37)/b26-14+. The van der Waals surface area contributed by atoms with Gasteiger partial charge in [-0.15, -0.1) is 0 Å². The minimum atomic E-state index is -0.751. The average Bonchev–Trinajstić information content (AvgIpc) is 3.35. The van der Waals surface area contributed by atoms with Gasteiger partial charge >= 0.3 is 6.03 Å². The molecule has 1 saturated heterocycles. The van der Waals surface area contributed by atoms with Gasteiger partial charge in [0.25, 0.3) is 11.8 Å². The van der Waals surface area contributed by atoms with Gasteiger partial charge in [0, 0.05) is 10.6 Å². The topological polar surface area (TPSA) is 79.6 Å². The van der Waals surface area contributed by atoms with Gasteiger partial charge in [-0.2, -0.15) is 0 Å². The van der Waals surface area contributed by atoms with Crippen LogP contribution in [0.5, 0.6) is 0 Å². The smallest absolute Gasteiger partial charge is 0.335 e. The first-order chi connectivity index (χ1) is 18.4. The number of urea groups is 1. The molecule has 3 aromatic rings. The monoisotopic (exact) mass is 526 g/mol. The molecule has 2 heterocycles. The van der Waals surface area contributed by atoms with E-state index >= 15 is 0 Å². The Hall–Kier alpha value is -3.64. The number of hydrogen-bond donors (Lipinski definition) is 1. The third-order valence-corrected chi connectivity index (χ3v) is 9.14. The molecule has 6 nitrogen and oxygen atoms in total. The summed E-state index contributed by atoms with van der Waals surface area (Å²) in [7, 11) is 0. The predicted octanol–water partition coefficient (Wildman–Crippen LogP) is 6.73. The van der Waals surface area contributed by atoms with Crippen molar-refractivity contribution in [3.63, 3.8) is 0 Å². The lowest BCUT2D eigenvalue weighted by Crippen LogP contribution is -2.54. The highest BCUT2D eigenvalue weighted by molar-refractivity contribution is 6.39. The largest absolute Gasteiger partial charge is 0.457 e. The number of nitrogens with one attached hydrogen (secondary N) is 1. The Balaban J connectivity index is 1.16. The molecule has 5 aliphatic rings. The van der Waals surface area contributed by atoms with Crippen LogP contribution in [0.25, 0.3) is 17.4 Å². The summed E-state index contributed by atoms with van der Waals surface area (Å²) in [5.74, 6) is 1.94. The number of hydrogen-bond acceptors (Lipinski definition) is 4. The molecule has 4 bridgehead atoms. The number of furan rings is 1. The van der Waals surface area contributed by atoms with Crippen LogP contribution >= 0.6 is 11.6 Å². The summed E-state index contributed by atoms with van der Waals surface area (Å²) in [6.07, 6.45) is 9.21. The molecule has 7 heteroatoms. The van der Waals surface area contributed by atoms with Crippen molar-refractivity contribution in [1.82, 2.24) is 5.32 Å². The maximum Gasteiger partial charge on any atom is 0.335 e. The summed E-state index contributed by atoms with van der Waals surface area (Å²) in [6, 6.07) is 17.7. The second-order valence-corrected chi connectivity index (χ2v) is 11.9. The first-order valence-corrected chi connectivity index (χ1v) is 13.6. The zero-order valence-electron chi connectivity index (χ0n) is 20.8. The van der Waals surface area contributed by atoms with Crippen LogP contribution in [0, 0.1) is 17.8 Å². The third kappa shape index (κ3) is 3.90. The maximum atomic E-state index is 13.4. The lowest BCUT2D eigenvalue weighted by Gasteiger charge is -2.57. The molecule has 8 rings (SSSR count).